The molecule has 0 aliphatic heterocycles. The molecule has 2 N–H and O–H groups in total. The van der Waals surface area contributed by atoms with E-state index in [1.54, 1.807) is 61.2 Å². The quantitative estimate of drug-likeness (QED) is 0.478. The Morgan fingerprint density at radius 3 is 2.33 bits per heavy atom. The lowest BCUT2D eigenvalue weighted by molar-refractivity contribution is 0.102. The first-order valence-electron chi connectivity index (χ1n) is 9.53. The molecule has 156 valence electrons. The molecule has 3 aromatic rings. The molecule has 7 heteroatoms. The highest BCUT2D eigenvalue weighted by Crippen LogP contribution is 2.28. The largest absolute Gasteiger partial charge is 0.321 e. The van der Waals surface area contributed by atoms with Gasteiger partial charge in [0.1, 0.15) is 0 Å². The second-order valence-corrected chi connectivity index (χ2v) is 9.82. The van der Waals surface area contributed by atoms with E-state index in [2.05, 4.69) is 17.0 Å². The molecule has 0 spiro atoms. The monoisotopic (exact) mass is 440 g/mol. The molecule has 30 heavy (non-hydrogen) atoms. The number of amides is 1. The summed E-state index contributed by atoms with van der Waals surface area (Å²) in [5.74, 6) is 0.595. The van der Waals surface area contributed by atoms with Gasteiger partial charge < -0.3 is 5.32 Å². The minimum absolute atomic E-state index is 0.174. The van der Waals surface area contributed by atoms with E-state index in [9.17, 15) is 13.2 Å². The van der Waals surface area contributed by atoms with Crippen molar-refractivity contribution in [3.63, 3.8) is 0 Å². The van der Waals surface area contributed by atoms with E-state index in [0.717, 1.165) is 27.5 Å². The molecule has 0 heterocycles. The molecule has 1 amide bonds. The summed E-state index contributed by atoms with van der Waals surface area (Å²) in [5.41, 5.74) is 3.18. The average molecular weight is 441 g/mol. The van der Waals surface area contributed by atoms with Gasteiger partial charge in [0.05, 0.1) is 16.3 Å². The summed E-state index contributed by atoms with van der Waals surface area (Å²) in [4.78, 5) is 14.0. The molecule has 0 fully saturated rings. The topological polar surface area (TPSA) is 75.3 Å². The predicted molar refractivity (Wildman–Crippen MR) is 124 cm³/mol. The van der Waals surface area contributed by atoms with E-state index < -0.39 is 10.0 Å². The molecule has 0 aliphatic carbocycles. The van der Waals surface area contributed by atoms with Crippen LogP contribution in [0.4, 0.5) is 11.4 Å². The standard InChI is InChI=1S/C23H24N2O3S2/c1-4-29-22-8-6-5-7-20(22)24-23(26)18-12-11-17(3)21(15-18)25-30(27,28)19-13-9-16(2)10-14-19/h5-15,25H,4H2,1-3H3,(H,24,26). The molecule has 0 radical (unpaired) electrons. The van der Waals surface area contributed by atoms with Crippen molar-refractivity contribution in [1.82, 2.24) is 0 Å². The van der Waals surface area contributed by atoms with Crippen molar-refractivity contribution in [2.45, 2.75) is 30.6 Å². The number of carbonyl (C=O) groups is 1. The first-order chi connectivity index (χ1) is 14.3. The highest BCUT2D eigenvalue weighted by atomic mass is 32.2. The van der Waals surface area contributed by atoms with Crippen LogP contribution in [0.5, 0.6) is 0 Å². The Labute approximate surface area is 182 Å². The summed E-state index contributed by atoms with van der Waals surface area (Å²) in [5, 5.41) is 2.92. The highest BCUT2D eigenvalue weighted by Gasteiger charge is 2.17. The minimum Gasteiger partial charge on any atom is -0.321 e. The van der Waals surface area contributed by atoms with Crippen LogP contribution in [-0.2, 0) is 10.0 Å². The van der Waals surface area contributed by atoms with Crippen LogP contribution >= 0.6 is 11.8 Å². The van der Waals surface area contributed by atoms with Gasteiger partial charge in [0.2, 0.25) is 0 Å². The van der Waals surface area contributed by atoms with E-state index in [4.69, 9.17) is 0 Å². The summed E-state index contributed by atoms with van der Waals surface area (Å²) in [7, 11) is -3.75. The van der Waals surface area contributed by atoms with Crippen LogP contribution < -0.4 is 10.0 Å². The number of hydrogen-bond acceptors (Lipinski definition) is 4. The van der Waals surface area contributed by atoms with Crippen LogP contribution in [0.2, 0.25) is 0 Å². The third kappa shape index (κ3) is 5.23. The zero-order valence-electron chi connectivity index (χ0n) is 17.1. The first kappa shape index (κ1) is 21.9. The third-order valence-electron chi connectivity index (χ3n) is 4.51. The Balaban J connectivity index is 1.84. The van der Waals surface area contributed by atoms with Crippen LogP contribution in [0.3, 0.4) is 0 Å². The van der Waals surface area contributed by atoms with Crippen molar-refractivity contribution in [2.75, 3.05) is 15.8 Å². The van der Waals surface area contributed by atoms with Crippen LogP contribution in [0.1, 0.15) is 28.4 Å². The number of para-hydroxylation sites is 1. The number of rotatable bonds is 7. The summed E-state index contributed by atoms with van der Waals surface area (Å²) < 4.78 is 28.1. The van der Waals surface area contributed by atoms with Gasteiger partial charge in [0.25, 0.3) is 15.9 Å². The minimum atomic E-state index is -3.75. The highest BCUT2D eigenvalue weighted by molar-refractivity contribution is 7.99. The molecular formula is C23H24N2O3S2. The fourth-order valence-electron chi connectivity index (χ4n) is 2.84. The summed E-state index contributed by atoms with van der Waals surface area (Å²) >= 11 is 1.64. The molecule has 0 aromatic heterocycles. The first-order valence-corrected chi connectivity index (χ1v) is 12.0. The number of aryl methyl sites for hydroxylation is 2. The van der Waals surface area contributed by atoms with Gasteiger partial charge in [-0.05, 0) is 61.6 Å². The van der Waals surface area contributed by atoms with Crippen LogP contribution in [0, 0.1) is 13.8 Å². The number of anilines is 2. The van der Waals surface area contributed by atoms with Gasteiger partial charge in [-0.25, -0.2) is 8.42 Å². The number of benzene rings is 3. The van der Waals surface area contributed by atoms with Crippen molar-refractivity contribution in [3.8, 4) is 0 Å². The van der Waals surface area contributed by atoms with Gasteiger partial charge >= 0.3 is 0 Å². The Morgan fingerprint density at radius 1 is 0.933 bits per heavy atom. The zero-order chi connectivity index (χ0) is 21.7. The van der Waals surface area contributed by atoms with Gasteiger partial charge in [0.15, 0.2) is 0 Å². The van der Waals surface area contributed by atoms with E-state index >= 15 is 0 Å². The summed E-state index contributed by atoms with van der Waals surface area (Å²) in [6.45, 7) is 5.74. The number of hydrogen-bond donors (Lipinski definition) is 2. The molecule has 0 unspecified atom stereocenters. The van der Waals surface area contributed by atoms with Crippen molar-refractivity contribution < 1.29 is 13.2 Å². The SMILES string of the molecule is CCSc1ccccc1NC(=O)c1ccc(C)c(NS(=O)(=O)c2ccc(C)cc2)c1. The van der Waals surface area contributed by atoms with Crippen LogP contribution in [-0.4, -0.2) is 20.1 Å². The van der Waals surface area contributed by atoms with Gasteiger partial charge in [-0.1, -0.05) is 42.8 Å². The molecule has 3 aromatic carbocycles. The van der Waals surface area contributed by atoms with Gasteiger partial charge in [-0.15, -0.1) is 11.8 Å². The smallest absolute Gasteiger partial charge is 0.261 e. The fourth-order valence-corrected chi connectivity index (χ4v) is 4.72. The van der Waals surface area contributed by atoms with Gasteiger partial charge in [-0.3, -0.25) is 9.52 Å². The van der Waals surface area contributed by atoms with Crippen molar-refractivity contribution in [1.29, 1.82) is 0 Å². The molecule has 3 rings (SSSR count). The molecular weight excluding hydrogens is 416 g/mol. The molecule has 0 saturated carbocycles. The molecule has 5 nitrogen and oxygen atoms in total. The van der Waals surface area contributed by atoms with E-state index in [0.29, 0.717) is 11.3 Å². The van der Waals surface area contributed by atoms with Gasteiger partial charge in [0, 0.05) is 10.5 Å². The van der Waals surface area contributed by atoms with Crippen molar-refractivity contribution in [3.05, 3.63) is 83.4 Å². The summed E-state index contributed by atoms with van der Waals surface area (Å²) in [6, 6.07) is 19.2. The number of thioether (sulfide) groups is 1. The second kappa shape index (κ2) is 9.36. The van der Waals surface area contributed by atoms with Crippen molar-refractivity contribution in [2.24, 2.45) is 0 Å². The van der Waals surface area contributed by atoms with Crippen molar-refractivity contribution >= 4 is 39.1 Å². The third-order valence-corrected chi connectivity index (χ3v) is 6.85. The lowest BCUT2D eigenvalue weighted by atomic mass is 10.1. The molecule has 0 bridgehead atoms. The number of sulfonamides is 1. The fraction of sp³-hybridized carbons (Fsp3) is 0.174. The van der Waals surface area contributed by atoms with Crippen LogP contribution in [0.15, 0.2) is 76.5 Å². The van der Waals surface area contributed by atoms with E-state index in [1.807, 2.05) is 31.2 Å². The maximum atomic E-state index is 12.8. The molecule has 0 atom stereocenters. The maximum Gasteiger partial charge on any atom is 0.261 e. The molecule has 0 aliphatic rings. The summed E-state index contributed by atoms with van der Waals surface area (Å²) in [6.07, 6.45) is 0. The lowest BCUT2D eigenvalue weighted by Gasteiger charge is -2.14. The number of carbonyl (C=O) groups excluding carboxylic acids is 1. The Kier molecular flexibility index (Phi) is 6.84. The second-order valence-electron chi connectivity index (χ2n) is 6.83. The van der Waals surface area contributed by atoms with Crippen LogP contribution in [0.25, 0.3) is 0 Å². The normalized spacial score (nSPS) is 11.2. The maximum absolute atomic E-state index is 12.8. The Hall–Kier alpha value is -2.77. The van der Waals surface area contributed by atoms with E-state index in [-0.39, 0.29) is 10.8 Å². The lowest BCUT2D eigenvalue weighted by Crippen LogP contribution is -2.16. The Morgan fingerprint density at radius 2 is 1.63 bits per heavy atom. The molecule has 0 saturated heterocycles. The number of nitrogens with one attached hydrogen (secondary N) is 2. The van der Waals surface area contributed by atoms with E-state index in [1.165, 1.54) is 0 Å². The Bertz CT molecular complexity index is 1160. The average Bonchev–Trinajstić information content (AvgIpc) is 2.71. The predicted octanol–water partition coefficient (Wildman–Crippen LogP) is 5.47. The zero-order valence-corrected chi connectivity index (χ0v) is 18.7. The van der Waals surface area contributed by atoms with Gasteiger partial charge in [-0.2, -0.15) is 0 Å².